The first-order valence-electron chi connectivity index (χ1n) is 9.19. The highest BCUT2D eigenvalue weighted by Gasteiger charge is 2.13. The largest absolute Gasteiger partial charge is 0.497 e. The summed E-state index contributed by atoms with van der Waals surface area (Å²) in [6.07, 6.45) is 0. The second kappa shape index (κ2) is 9.59. The van der Waals surface area contributed by atoms with E-state index in [1.807, 2.05) is 54.6 Å². The summed E-state index contributed by atoms with van der Waals surface area (Å²) in [6.45, 7) is -0.147. The first-order valence-corrected chi connectivity index (χ1v) is 9.19. The number of ether oxygens (including phenoxy) is 3. The van der Waals surface area contributed by atoms with Crippen LogP contribution in [0.3, 0.4) is 0 Å². The molecule has 0 heterocycles. The Kier molecular flexibility index (Phi) is 6.68. The molecule has 0 fully saturated rings. The van der Waals surface area contributed by atoms with Crippen molar-refractivity contribution in [3.8, 4) is 11.5 Å². The van der Waals surface area contributed by atoms with Crippen LogP contribution in [0.15, 0.2) is 66.7 Å². The summed E-state index contributed by atoms with van der Waals surface area (Å²) in [5.41, 5.74) is 0.984. The summed E-state index contributed by atoms with van der Waals surface area (Å²) in [4.78, 5) is 25.6. The number of fused-ring (bicyclic) bond motifs is 1. The fraction of sp³-hybridized carbons (Fsp3) is 0.217. The molecule has 0 aromatic heterocycles. The predicted octanol–water partition coefficient (Wildman–Crippen LogP) is 3.43. The van der Waals surface area contributed by atoms with Crippen molar-refractivity contribution >= 4 is 22.6 Å². The highest BCUT2D eigenvalue weighted by Crippen LogP contribution is 2.22. The molecule has 0 aliphatic carbocycles. The van der Waals surface area contributed by atoms with Gasteiger partial charge in [-0.25, -0.2) is 4.79 Å². The van der Waals surface area contributed by atoms with Gasteiger partial charge in [-0.05, 0) is 46.7 Å². The maximum atomic E-state index is 12.3. The van der Waals surface area contributed by atoms with Crippen molar-refractivity contribution in [1.29, 1.82) is 0 Å². The Morgan fingerprint density at radius 1 is 0.862 bits per heavy atom. The Balaban J connectivity index is 1.48. The predicted molar refractivity (Wildman–Crippen MR) is 110 cm³/mol. The molecule has 1 amide bonds. The number of esters is 1. The Morgan fingerprint density at radius 3 is 2.34 bits per heavy atom. The van der Waals surface area contributed by atoms with Crippen LogP contribution >= 0.6 is 0 Å². The number of methoxy groups -OCH3 is 1. The van der Waals surface area contributed by atoms with Crippen molar-refractivity contribution in [3.63, 3.8) is 0 Å². The maximum Gasteiger partial charge on any atom is 0.344 e. The normalized spacial score (nSPS) is 10.4. The van der Waals surface area contributed by atoms with Crippen molar-refractivity contribution in [3.05, 3.63) is 72.3 Å². The molecule has 0 bridgehead atoms. The number of amides is 1. The Bertz CT molecular complexity index is 987. The van der Waals surface area contributed by atoms with E-state index in [-0.39, 0.29) is 19.1 Å². The minimum Gasteiger partial charge on any atom is -0.497 e. The summed E-state index contributed by atoms with van der Waals surface area (Å²) in [5.74, 6) is 0.501. The lowest BCUT2D eigenvalue weighted by molar-refractivity contribution is -0.153. The molecule has 0 atom stereocenters. The topological polar surface area (TPSA) is 65.1 Å². The molecule has 0 radical (unpaired) electrons. The molecule has 0 saturated heterocycles. The van der Waals surface area contributed by atoms with Crippen LogP contribution in [0.25, 0.3) is 10.8 Å². The number of rotatable bonds is 8. The smallest absolute Gasteiger partial charge is 0.344 e. The summed E-state index contributed by atoms with van der Waals surface area (Å²) in [5, 5.41) is 2.13. The quantitative estimate of drug-likeness (QED) is 0.549. The van der Waals surface area contributed by atoms with Crippen molar-refractivity contribution in [2.24, 2.45) is 0 Å². The van der Waals surface area contributed by atoms with Gasteiger partial charge in [0.1, 0.15) is 11.5 Å². The molecule has 150 valence electrons. The Labute approximate surface area is 169 Å². The first kappa shape index (κ1) is 20.2. The molecule has 6 heteroatoms. The van der Waals surface area contributed by atoms with Crippen LogP contribution in [0.2, 0.25) is 0 Å². The number of benzene rings is 3. The molecule has 6 nitrogen and oxygen atoms in total. The van der Waals surface area contributed by atoms with Gasteiger partial charge in [-0.1, -0.05) is 36.4 Å². The van der Waals surface area contributed by atoms with E-state index in [1.54, 1.807) is 26.3 Å². The fourth-order valence-electron chi connectivity index (χ4n) is 2.81. The van der Waals surface area contributed by atoms with Crippen molar-refractivity contribution in [1.82, 2.24) is 4.90 Å². The van der Waals surface area contributed by atoms with Crippen LogP contribution in [0.4, 0.5) is 0 Å². The van der Waals surface area contributed by atoms with Gasteiger partial charge in [-0.2, -0.15) is 0 Å². The zero-order chi connectivity index (χ0) is 20.6. The number of para-hydroxylation sites is 1. The third kappa shape index (κ3) is 5.72. The molecule has 0 aliphatic rings. The van der Waals surface area contributed by atoms with Gasteiger partial charge in [0.25, 0.3) is 5.91 Å². The monoisotopic (exact) mass is 393 g/mol. The van der Waals surface area contributed by atoms with Gasteiger partial charge in [-0.15, -0.1) is 0 Å². The maximum absolute atomic E-state index is 12.3. The standard InChI is InChI=1S/C23H23NO5/c1-24(14-17-8-9-19-13-21(27-2)11-10-18(19)12-17)22(25)15-29-23(26)16-28-20-6-4-3-5-7-20/h3-13H,14-16H2,1-2H3. The second-order valence-corrected chi connectivity index (χ2v) is 6.56. The van der Waals surface area contributed by atoms with Gasteiger partial charge in [0.05, 0.1) is 7.11 Å². The van der Waals surface area contributed by atoms with Gasteiger partial charge in [-0.3, -0.25) is 4.79 Å². The van der Waals surface area contributed by atoms with E-state index < -0.39 is 5.97 Å². The van der Waals surface area contributed by atoms with Crippen LogP contribution < -0.4 is 9.47 Å². The van der Waals surface area contributed by atoms with Crippen molar-refractivity contribution < 1.29 is 23.8 Å². The second-order valence-electron chi connectivity index (χ2n) is 6.56. The average molecular weight is 393 g/mol. The molecule has 0 saturated carbocycles. The van der Waals surface area contributed by atoms with Gasteiger partial charge in [0, 0.05) is 13.6 Å². The molecule has 3 aromatic carbocycles. The molecule has 3 rings (SSSR count). The van der Waals surface area contributed by atoms with Crippen LogP contribution in [0.1, 0.15) is 5.56 Å². The number of hydrogen-bond donors (Lipinski definition) is 0. The van der Waals surface area contributed by atoms with Gasteiger partial charge >= 0.3 is 5.97 Å². The van der Waals surface area contributed by atoms with Crippen molar-refractivity contribution in [2.75, 3.05) is 27.4 Å². The van der Waals surface area contributed by atoms with E-state index >= 15 is 0 Å². The first-order chi connectivity index (χ1) is 14.0. The molecule has 0 aliphatic heterocycles. The number of likely N-dealkylation sites (N-methyl/N-ethyl adjacent to an activating group) is 1. The molecule has 0 spiro atoms. The zero-order valence-electron chi connectivity index (χ0n) is 16.5. The summed E-state index contributed by atoms with van der Waals surface area (Å²) in [7, 11) is 3.31. The fourth-order valence-corrected chi connectivity index (χ4v) is 2.81. The lowest BCUT2D eigenvalue weighted by Gasteiger charge is -2.17. The highest BCUT2D eigenvalue weighted by molar-refractivity contribution is 5.85. The Morgan fingerprint density at radius 2 is 1.59 bits per heavy atom. The van der Waals surface area contributed by atoms with E-state index in [2.05, 4.69) is 0 Å². The number of carbonyl (C=O) groups excluding carboxylic acids is 2. The van der Waals surface area contributed by atoms with E-state index in [0.29, 0.717) is 12.3 Å². The molecule has 0 unspecified atom stereocenters. The third-order valence-electron chi connectivity index (χ3n) is 4.41. The summed E-state index contributed by atoms with van der Waals surface area (Å²) < 4.78 is 15.6. The molecule has 29 heavy (non-hydrogen) atoms. The number of hydrogen-bond acceptors (Lipinski definition) is 5. The van der Waals surface area contributed by atoms with E-state index in [1.165, 1.54) is 4.90 Å². The number of nitrogens with zero attached hydrogens (tertiary/aromatic N) is 1. The summed E-state index contributed by atoms with van der Waals surface area (Å²) in [6, 6.07) is 20.8. The SMILES string of the molecule is COc1ccc2cc(CN(C)C(=O)COC(=O)COc3ccccc3)ccc2c1. The minimum absolute atomic E-state index is 0.241. The lowest BCUT2D eigenvalue weighted by Crippen LogP contribution is -2.31. The van der Waals surface area contributed by atoms with Gasteiger partial charge in [0.2, 0.25) is 0 Å². The molecule has 0 N–H and O–H groups in total. The van der Waals surface area contributed by atoms with E-state index in [4.69, 9.17) is 14.2 Å². The average Bonchev–Trinajstić information content (AvgIpc) is 2.76. The zero-order valence-corrected chi connectivity index (χ0v) is 16.5. The lowest BCUT2D eigenvalue weighted by atomic mass is 10.1. The highest BCUT2D eigenvalue weighted by atomic mass is 16.6. The number of carbonyl (C=O) groups is 2. The molecule has 3 aromatic rings. The van der Waals surface area contributed by atoms with E-state index in [9.17, 15) is 9.59 Å². The van der Waals surface area contributed by atoms with Crippen LogP contribution in [-0.4, -0.2) is 44.1 Å². The van der Waals surface area contributed by atoms with Gasteiger partial charge in [0.15, 0.2) is 13.2 Å². The van der Waals surface area contributed by atoms with Crippen LogP contribution in [-0.2, 0) is 20.9 Å². The van der Waals surface area contributed by atoms with Crippen molar-refractivity contribution in [2.45, 2.75) is 6.54 Å². The molecular weight excluding hydrogens is 370 g/mol. The minimum atomic E-state index is -0.588. The Hall–Kier alpha value is -3.54. The van der Waals surface area contributed by atoms with Crippen LogP contribution in [0, 0.1) is 0 Å². The summed E-state index contributed by atoms with van der Waals surface area (Å²) >= 11 is 0. The van der Waals surface area contributed by atoms with Gasteiger partial charge < -0.3 is 19.1 Å². The third-order valence-corrected chi connectivity index (χ3v) is 4.41. The molecular formula is C23H23NO5. The van der Waals surface area contributed by atoms with Crippen LogP contribution in [0.5, 0.6) is 11.5 Å². The van der Waals surface area contributed by atoms with E-state index in [0.717, 1.165) is 22.1 Å².